The predicted molar refractivity (Wildman–Crippen MR) is 212 cm³/mol. The van der Waals surface area contributed by atoms with Crippen LogP contribution in [0.2, 0.25) is 0 Å². The fraction of sp³-hybridized carbons (Fsp3) is 0.0638. The molecule has 1 aliphatic heterocycles. The first-order valence-electron chi connectivity index (χ1n) is 17.6. The first-order valence-corrected chi connectivity index (χ1v) is 17.6. The monoisotopic (exact) mass is 637 g/mol. The number of hydrogen-bond donors (Lipinski definition) is 1. The fourth-order valence-corrected chi connectivity index (χ4v) is 8.25. The van der Waals surface area contributed by atoms with Crippen LogP contribution >= 0.6 is 0 Å². The molecule has 2 aliphatic rings. The zero-order valence-corrected chi connectivity index (χ0v) is 27.9. The Kier molecular flexibility index (Phi) is 6.67. The van der Waals surface area contributed by atoms with E-state index in [1.165, 1.54) is 94.5 Å². The Morgan fingerprint density at radius 3 is 2.02 bits per heavy atom. The van der Waals surface area contributed by atoms with Crippen LogP contribution in [0.5, 0.6) is 0 Å². The van der Waals surface area contributed by atoms with Crippen LogP contribution < -0.4 is 15.8 Å². The number of aromatic amines is 1. The molecule has 0 bridgehead atoms. The van der Waals surface area contributed by atoms with Crippen molar-refractivity contribution in [2.75, 3.05) is 4.90 Å². The predicted octanol–water partition coefficient (Wildman–Crippen LogP) is 10.7. The first kappa shape index (κ1) is 28.9. The lowest BCUT2D eigenvalue weighted by Gasteiger charge is -2.35. The molecule has 0 amide bonds. The maximum absolute atomic E-state index is 3.94. The lowest BCUT2D eigenvalue weighted by molar-refractivity contribution is 0.914. The van der Waals surface area contributed by atoms with Crippen LogP contribution in [-0.4, -0.2) is 12.3 Å². The minimum atomic E-state index is 1.03. The normalized spacial score (nSPS) is 12.9. The summed E-state index contributed by atoms with van der Waals surface area (Å²) in [6.45, 7) is 2.23. The minimum absolute atomic E-state index is 1.03. The second-order valence-electron chi connectivity index (χ2n) is 13.6. The van der Waals surface area contributed by atoms with Crippen molar-refractivity contribution in [3.63, 3.8) is 0 Å². The summed E-state index contributed by atoms with van der Waals surface area (Å²) in [5, 5.41) is 1.30. The van der Waals surface area contributed by atoms with E-state index in [-0.39, 0.29) is 0 Å². The molecule has 0 saturated heterocycles. The van der Waals surface area contributed by atoms with E-state index in [9.17, 15) is 0 Å². The molecular formula is C47H34BN2. The van der Waals surface area contributed by atoms with Gasteiger partial charge in [-0.25, -0.2) is 0 Å². The van der Waals surface area contributed by atoms with Gasteiger partial charge in [-0.2, -0.15) is 0 Å². The summed E-state index contributed by atoms with van der Waals surface area (Å²) in [7, 11) is 2.41. The molecule has 1 N–H and O–H groups in total. The smallest absolute Gasteiger partial charge is 0.197 e. The van der Waals surface area contributed by atoms with Crippen LogP contribution in [0.3, 0.4) is 0 Å². The van der Waals surface area contributed by atoms with Crippen LogP contribution in [0.15, 0.2) is 158 Å². The van der Waals surface area contributed by atoms with Crippen LogP contribution in [-0.2, 0) is 12.8 Å². The van der Waals surface area contributed by atoms with Crippen LogP contribution in [0.4, 0.5) is 17.1 Å². The van der Waals surface area contributed by atoms with Gasteiger partial charge < -0.3 is 9.88 Å². The molecule has 1 radical (unpaired) electrons. The lowest BCUT2D eigenvalue weighted by atomic mass is 9.57. The topological polar surface area (TPSA) is 19.0 Å². The maximum atomic E-state index is 3.94. The van der Waals surface area contributed by atoms with Gasteiger partial charge in [0.2, 0.25) is 0 Å². The Hall–Kier alpha value is -6.06. The highest BCUT2D eigenvalue weighted by Gasteiger charge is 2.29. The van der Waals surface area contributed by atoms with Gasteiger partial charge in [-0.05, 0) is 94.0 Å². The molecule has 0 fully saturated rings. The average Bonchev–Trinajstić information content (AvgIpc) is 3.57. The van der Waals surface area contributed by atoms with Crippen molar-refractivity contribution in [3.8, 4) is 44.5 Å². The second kappa shape index (κ2) is 11.5. The third-order valence-corrected chi connectivity index (χ3v) is 10.6. The molecule has 10 rings (SSSR count). The Morgan fingerprint density at radius 2 is 1.22 bits per heavy atom. The first-order chi connectivity index (χ1) is 24.7. The molecule has 1 aromatic heterocycles. The summed E-state index contributed by atoms with van der Waals surface area (Å²) in [6, 6.07) is 57.7. The Morgan fingerprint density at radius 1 is 0.540 bits per heavy atom. The standard InChI is InChI=1S/C47H34BN2/c1-30-27-40(38-17-10-18-39-45-37-16-9-8-15-34(37)21-25-42(45)49-47(38)39)46-44(28-30)50(36-23-19-33(20-24-36)31-11-4-2-5-12-31)43-26-22-35(29-41(43)48-46)32-13-6-3-7-14-32/h2-20,22-24,26-29,49H,21,25H2,1H3. The van der Waals surface area contributed by atoms with Crippen molar-refractivity contribution in [3.05, 3.63) is 175 Å². The number of nitrogens with one attached hydrogen (secondary N) is 1. The van der Waals surface area contributed by atoms with E-state index in [2.05, 4.69) is 182 Å². The van der Waals surface area contributed by atoms with E-state index in [0.717, 1.165) is 18.5 Å². The van der Waals surface area contributed by atoms with Crippen molar-refractivity contribution in [1.29, 1.82) is 0 Å². The number of aromatic nitrogens is 1. The van der Waals surface area contributed by atoms with Gasteiger partial charge in [-0.1, -0.05) is 139 Å². The third kappa shape index (κ3) is 4.65. The van der Waals surface area contributed by atoms with E-state index in [1.54, 1.807) is 0 Å². The highest BCUT2D eigenvalue weighted by Crippen LogP contribution is 2.44. The van der Waals surface area contributed by atoms with E-state index in [4.69, 9.17) is 0 Å². The molecule has 0 unspecified atom stereocenters. The molecule has 235 valence electrons. The van der Waals surface area contributed by atoms with Crippen molar-refractivity contribution in [2.24, 2.45) is 0 Å². The number of aryl methyl sites for hydroxylation is 3. The number of hydrogen-bond acceptors (Lipinski definition) is 1. The zero-order chi connectivity index (χ0) is 33.2. The Labute approximate surface area is 293 Å². The summed E-state index contributed by atoms with van der Waals surface area (Å²) in [5.74, 6) is 0. The van der Waals surface area contributed by atoms with Gasteiger partial charge in [-0.15, -0.1) is 0 Å². The largest absolute Gasteiger partial charge is 0.357 e. The van der Waals surface area contributed by atoms with Gasteiger partial charge in [0.15, 0.2) is 7.28 Å². The summed E-state index contributed by atoms with van der Waals surface area (Å²) in [5.41, 5.74) is 21.3. The molecule has 2 nitrogen and oxygen atoms in total. The van der Waals surface area contributed by atoms with Gasteiger partial charge in [0, 0.05) is 39.3 Å². The molecular weight excluding hydrogens is 603 g/mol. The molecule has 0 atom stereocenters. The molecule has 0 spiro atoms. The highest BCUT2D eigenvalue weighted by atomic mass is 15.1. The summed E-state index contributed by atoms with van der Waals surface area (Å²) in [6.07, 6.45) is 2.10. The number of rotatable bonds is 4. The Bertz CT molecular complexity index is 2560. The van der Waals surface area contributed by atoms with Crippen molar-refractivity contribution < 1.29 is 0 Å². The summed E-state index contributed by atoms with van der Waals surface area (Å²) in [4.78, 5) is 6.40. The van der Waals surface area contributed by atoms with E-state index >= 15 is 0 Å². The maximum Gasteiger partial charge on any atom is 0.197 e. The van der Waals surface area contributed by atoms with Gasteiger partial charge in [0.25, 0.3) is 0 Å². The minimum Gasteiger partial charge on any atom is -0.357 e. The highest BCUT2D eigenvalue weighted by molar-refractivity contribution is 6.73. The molecule has 7 aromatic carbocycles. The quantitative estimate of drug-likeness (QED) is 0.190. The van der Waals surface area contributed by atoms with Crippen molar-refractivity contribution in [1.82, 2.24) is 4.98 Å². The van der Waals surface area contributed by atoms with Gasteiger partial charge >= 0.3 is 0 Å². The molecule has 50 heavy (non-hydrogen) atoms. The van der Waals surface area contributed by atoms with E-state index < -0.39 is 0 Å². The van der Waals surface area contributed by atoms with Crippen LogP contribution in [0, 0.1) is 6.92 Å². The number of para-hydroxylation sites is 1. The summed E-state index contributed by atoms with van der Waals surface area (Å²) < 4.78 is 0. The molecule has 0 saturated carbocycles. The van der Waals surface area contributed by atoms with Crippen LogP contribution in [0.25, 0.3) is 55.4 Å². The summed E-state index contributed by atoms with van der Waals surface area (Å²) >= 11 is 0. The van der Waals surface area contributed by atoms with Crippen molar-refractivity contribution in [2.45, 2.75) is 19.8 Å². The zero-order valence-electron chi connectivity index (χ0n) is 27.9. The van der Waals surface area contributed by atoms with E-state index in [0.29, 0.717) is 0 Å². The number of anilines is 3. The fourth-order valence-electron chi connectivity index (χ4n) is 8.25. The third-order valence-electron chi connectivity index (χ3n) is 10.6. The number of H-pyrrole nitrogens is 1. The lowest BCUT2D eigenvalue weighted by Crippen LogP contribution is -2.41. The van der Waals surface area contributed by atoms with Crippen LogP contribution in [0.1, 0.15) is 16.8 Å². The Balaban J connectivity index is 1.18. The SMILES string of the molecule is Cc1cc(-c2cccc3c4c([nH]c23)CCc2ccccc2-4)c2c(c1)N(c1ccc(-c3ccccc3)cc1)c1ccc(-c3ccccc3)cc1[B]2. The molecule has 1 aliphatic carbocycles. The van der Waals surface area contributed by atoms with E-state index in [1.807, 2.05) is 0 Å². The average molecular weight is 638 g/mol. The molecule has 2 heterocycles. The number of nitrogens with zero attached hydrogens (tertiary/aromatic N) is 1. The van der Waals surface area contributed by atoms with Gasteiger partial charge in [0.05, 0.1) is 5.52 Å². The number of benzene rings is 7. The van der Waals surface area contributed by atoms with Gasteiger partial charge in [0.1, 0.15) is 0 Å². The second-order valence-corrected chi connectivity index (χ2v) is 13.6. The molecule has 8 aromatic rings. The number of fused-ring (bicyclic) bond motifs is 7. The van der Waals surface area contributed by atoms with Crippen molar-refractivity contribution >= 4 is 46.2 Å². The van der Waals surface area contributed by atoms with Gasteiger partial charge in [-0.3, -0.25) is 0 Å². The molecule has 3 heteroatoms.